The Balaban J connectivity index is 1.20. The molecule has 6 aromatic rings. The number of ether oxygens (including phenoxy) is 1. The van der Waals surface area contributed by atoms with Crippen LogP contribution in [0.2, 0.25) is 0 Å². The molecular formula is C47H35N3O. The van der Waals surface area contributed by atoms with Crippen molar-refractivity contribution >= 4 is 23.1 Å². The Labute approximate surface area is 300 Å². The van der Waals surface area contributed by atoms with Crippen molar-refractivity contribution in [3.63, 3.8) is 0 Å². The summed E-state index contributed by atoms with van der Waals surface area (Å²) in [6.07, 6.45) is 6.16. The summed E-state index contributed by atoms with van der Waals surface area (Å²) in [5, 5.41) is 9.67. The highest BCUT2D eigenvalue weighted by Crippen LogP contribution is 2.41. The van der Waals surface area contributed by atoms with Crippen molar-refractivity contribution < 1.29 is 4.74 Å². The first-order valence-corrected chi connectivity index (χ1v) is 16.9. The zero-order valence-corrected chi connectivity index (χ0v) is 28.3. The second kappa shape index (κ2) is 14.7. The Morgan fingerprint density at radius 1 is 0.647 bits per heavy atom. The highest BCUT2D eigenvalue weighted by Gasteiger charge is 2.34. The molecule has 6 aromatic carbocycles. The van der Waals surface area contributed by atoms with E-state index in [0.29, 0.717) is 17.8 Å². The Bertz CT molecular complexity index is 2190. The molecule has 244 valence electrons. The lowest BCUT2D eigenvalue weighted by atomic mass is 9.85. The highest BCUT2D eigenvalue weighted by molar-refractivity contribution is 5.80. The van der Waals surface area contributed by atoms with Gasteiger partial charge in [0.1, 0.15) is 11.4 Å². The van der Waals surface area contributed by atoms with Gasteiger partial charge in [-0.2, -0.15) is 0 Å². The minimum absolute atomic E-state index is 0.0874. The van der Waals surface area contributed by atoms with Gasteiger partial charge in [0.25, 0.3) is 5.70 Å². The van der Waals surface area contributed by atoms with E-state index in [4.69, 9.17) is 11.3 Å². The van der Waals surface area contributed by atoms with Crippen LogP contribution in [0.3, 0.4) is 0 Å². The maximum absolute atomic E-state index is 9.67. The van der Waals surface area contributed by atoms with Crippen molar-refractivity contribution in [2.75, 3.05) is 4.90 Å². The van der Waals surface area contributed by atoms with E-state index in [2.05, 4.69) is 137 Å². The Hall–Kier alpha value is -6.88. The van der Waals surface area contributed by atoms with Gasteiger partial charge in [-0.3, -0.25) is 0 Å². The Kier molecular flexibility index (Phi) is 9.42. The van der Waals surface area contributed by atoms with Crippen LogP contribution in [-0.2, 0) is 10.3 Å². The van der Waals surface area contributed by atoms with E-state index in [9.17, 15) is 5.26 Å². The maximum atomic E-state index is 9.67. The molecule has 0 aliphatic carbocycles. The van der Waals surface area contributed by atoms with Crippen LogP contribution in [0.5, 0.6) is 0 Å². The summed E-state index contributed by atoms with van der Waals surface area (Å²) in [7, 11) is 0. The molecule has 51 heavy (non-hydrogen) atoms. The number of anilines is 3. The molecule has 1 heterocycles. The normalized spacial score (nSPS) is 16.3. The molecule has 0 aromatic heterocycles. The average Bonchev–Trinajstić information content (AvgIpc) is 3.20. The van der Waals surface area contributed by atoms with Crippen molar-refractivity contribution in [2.45, 2.75) is 18.9 Å². The van der Waals surface area contributed by atoms with Crippen LogP contribution in [0.25, 0.3) is 33.2 Å². The van der Waals surface area contributed by atoms with E-state index in [-0.39, 0.29) is 5.70 Å². The molecule has 1 aliphatic rings. The molecule has 1 aliphatic heterocycles. The van der Waals surface area contributed by atoms with Gasteiger partial charge in [-0.1, -0.05) is 133 Å². The molecule has 1 atom stereocenters. The molecule has 0 fully saturated rings. The van der Waals surface area contributed by atoms with Gasteiger partial charge < -0.3 is 9.64 Å². The van der Waals surface area contributed by atoms with Crippen molar-refractivity contribution in [1.29, 1.82) is 5.26 Å². The summed E-state index contributed by atoms with van der Waals surface area (Å²) >= 11 is 0. The van der Waals surface area contributed by atoms with Gasteiger partial charge in [-0.15, -0.1) is 0 Å². The van der Waals surface area contributed by atoms with Crippen molar-refractivity contribution in [3.8, 4) is 28.3 Å². The van der Waals surface area contributed by atoms with Crippen LogP contribution < -0.4 is 4.90 Å². The zero-order valence-electron chi connectivity index (χ0n) is 28.3. The molecule has 0 amide bonds. The fraction of sp³-hybridized carbons (Fsp3) is 0.0638. The third kappa shape index (κ3) is 7.27. The smallest absolute Gasteiger partial charge is 0.265 e. The van der Waals surface area contributed by atoms with Crippen LogP contribution in [0.15, 0.2) is 193 Å². The monoisotopic (exact) mass is 657 g/mol. The molecule has 0 bridgehead atoms. The summed E-state index contributed by atoms with van der Waals surface area (Å²) in [4.78, 5) is 5.76. The number of allylic oxidation sites excluding steroid dienone is 3. The lowest BCUT2D eigenvalue weighted by molar-refractivity contribution is 0.0143. The number of hydrogen-bond donors (Lipinski definition) is 0. The van der Waals surface area contributed by atoms with E-state index in [1.54, 1.807) is 0 Å². The summed E-state index contributed by atoms with van der Waals surface area (Å²) < 4.78 is 6.53. The Morgan fingerprint density at radius 3 is 1.57 bits per heavy atom. The first kappa shape index (κ1) is 32.7. The van der Waals surface area contributed by atoms with Crippen LogP contribution in [0.4, 0.5) is 17.1 Å². The molecule has 0 radical (unpaired) electrons. The van der Waals surface area contributed by atoms with Crippen LogP contribution >= 0.6 is 0 Å². The minimum atomic E-state index is -0.714. The van der Waals surface area contributed by atoms with E-state index in [0.717, 1.165) is 39.3 Å². The van der Waals surface area contributed by atoms with Crippen molar-refractivity contribution in [2.24, 2.45) is 0 Å². The van der Waals surface area contributed by atoms with Gasteiger partial charge in [0, 0.05) is 23.5 Å². The Morgan fingerprint density at radius 2 is 1.10 bits per heavy atom. The summed E-state index contributed by atoms with van der Waals surface area (Å²) in [5.41, 5.74) is 9.85. The van der Waals surface area contributed by atoms with Gasteiger partial charge in [-0.25, -0.2) is 10.1 Å². The molecule has 0 N–H and O–H groups in total. The number of benzene rings is 6. The second-order valence-electron chi connectivity index (χ2n) is 12.6. The summed E-state index contributed by atoms with van der Waals surface area (Å²) in [5.74, 6) is 0.599. The summed E-state index contributed by atoms with van der Waals surface area (Å²) in [6, 6.07) is 58.6. The molecule has 7 rings (SSSR count). The average molecular weight is 658 g/mol. The standard InChI is InChI=1S/C47H35N3O/c1-47(41-16-10-5-11-17-41)33-40(46(34-48)49-2)32-45(51-47)31-20-35-18-25-42(26-19-35)50(43-27-21-38(22-28-43)36-12-6-3-7-13-36)44-29-23-39(24-30-44)37-14-8-4-9-15-37/h3-32H,33H2,1H3/b31-20+,46-40+. The second-order valence-corrected chi connectivity index (χ2v) is 12.6. The van der Waals surface area contributed by atoms with E-state index in [1.807, 2.05) is 67.6 Å². The van der Waals surface area contributed by atoms with E-state index in [1.165, 1.54) is 11.1 Å². The lowest BCUT2D eigenvalue weighted by Crippen LogP contribution is -2.29. The largest absolute Gasteiger partial charge is 0.483 e. The van der Waals surface area contributed by atoms with Gasteiger partial charge in [0.05, 0.1) is 12.6 Å². The summed E-state index contributed by atoms with van der Waals surface area (Å²) in [6.45, 7) is 9.57. The topological polar surface area (TPSA) is 40.6 Å². The maximum Gasteiger partial charge on any atom is 0.265 e. The van der Waals surface area contributed by atoms with Gasteiger partial charge in [0.15, 0.2) is 0 Å². The lowest BCUT2D eigenvalue weighted by Gasteiger charge is -2.36. The molecule has 0 saturated heterocycles. The number of nitrogens with zero attached hydrogens (tertiary/aromatic N) is 3. The minimum Gasteiger partial charge on any atom is -0.483 e. The quantitative estimate of drug-likeness (QED) is 0.121. The SMILES string of the molecule is [C-]#[N+]/C(C#N)=C1C=C(/C=C/c2ccc(N(c3ccc(-c4ccccc4)cc3)c3ccc(-c4ccccc4)cc3)cc2)OC(C)(c2ccccc2)C\1. The zero-order chi connectivity index (χ0) is 35.0. The molecule has 4 nitrogen and oxygen atoms in total. The highest BCUT2D eigenvalue weighted by atomic mass is 16.5. The van der Waals surface area contributed by atoms with Gasteiger partial charge in [0.2, 0.25) is 0 Å². The fourth-order valence-electron chi connectivity index (χ4n) is 6.49. The first-order valence-electron chi connectivity index (χ1n) is 16.9. The van der Waals surface area contributed by atoms with Gasteiger partial charge >= 0.3 is 0 Å². The van der Waals surface area contributed by atoms with Crippen molar-refractivity contribution in [3.05, 3.63) is 216 Å². The van der Waals surface area contributed by atoms with Crippen LogP contribution in [0.1, 0.15) is 24.5 Å². The molecular weight excluding hydrogens is 623 g/mol. The molecule has 4 heteroatoms. The predicted octanol–water partition coefficient (Wildman–Crippen LogP) is 12.4. The van der Waals surface area contributed by atoms with E-state index < -0.39 is 5.60 Å². The molecule has 0 spiro atoms. The van der Waals surface area contributed by atoms with Crippen LogP contribution in [-0.4, -0.2) is 0 Å². The van der Waals surface area contributed by atoms with E-state index >= 15 is 0 Å². The predicted molar refractivity (Wildman–Crippen MR) is 208 cm³/mol. The number of hydrogen-bond acceptors (Lipinski definition) is 3. The van der Waals surface area contributed by atoms with Gasteiger partial charge in [-0.05, 0) is 94.4 Å². The number of nitriles is 1. The molecule has 1 unspecified atom stereocenters. The fourth-order valence-corrected chi connectivity index (χ4v) is 6.49. The first-order chi connectivity index (χ1) is 25.0. The third-order valence-corrected chi connectivity index (χ3v) is 9.15. The van der Waals surface area contributed by atoms with Crippen LogP contribution in [0, 0.1) is 17.9 Å². The number of rotatable bonds is 8. The van der Waals surface area contributed by atoms with Crippen molar-refractivity contribution in [1.82, 2.24) is 0 Å². The molecule has 0 saturated carbocycles. The third-order valence-electron chi connectivity index (χ3n) is 9.15.